The van der Waals surface area contributed by atoms with Crippen LogP contribution in [0.5, 0.6) is 0 Å². The van der Waals surface area contributed by atoms with Crippen LogP contribution in [0.4, 0.5) is 0 Å². The fourth-order valence-electron chi connectivity index (χ4n) is 2.13. The number of H-pyrrole nitrogens is 1. The van der Waals surface area contributed by atoms with E-state index >= 15 is 0 Å². The SMILES string of the molecule is C[C@H](NS(=O)(=O)c1ccccc1)c1nc2ccccc2[nH]1. The minimum absolute atomic E-state index is 0.243. The Kier molecular flexibility index (Phi) is 3.48. The number of hydrogen-bond acceptors (Lipinski definition) is 3. The van der Waals surface area contributed by atoms with Crippen molar-refractivity contribution in [2.45, 2.75) is 17.9 Å². The summed E-state index contributed by atoms with van der Waals surface area (Å²) in [7, 11) is -3.56. The highest BCUT2D eigenvalue weighted by atomic mass is 32.2. The summed E-state index contributed by atoms with van der Waals surface area (Å²) >= 11 is 0. The second kappa shape index (κ2) is 5.31. The number of fused-ring (bicyclic) bond motifs is 1. The lowest BCUT2D eigenvalue weighted by atomic mass is 10.3. The van der Waals surface area contributed by atoms with E-state index < -0.39 is 16.1 Å². The van der Waals surface area contributed by atoms with Gasteiger partial charge in [-0.3, -0.25) is 0 Å². The Bertz CT molecular complexity index is 824. The zero-order valence-electron chi connectivity index (χ0n) is 11.4. The van der Waals surface area contributed by atoms with Gasteiger partial charge in [-0.2, -0.15) is 0 Å². The Balaban J connectivity index is 1.87. The predicted octanol–water partition coefficient (Wildman–Crippen LogP) is 2.60. The highest BCUT2D eigenvalue weighted by Crippen LogP contribution is 2.18. The molecule has 0 radical (unpaired) electrons. The summed E-state index contributed by atoms with van der Waals surface area (Å²) in [5.74, 6) is 0.593. The first-order chi connectivity index (χ1) is 10.1. The van der Waals surface area contributed by atoms with E-state index in [4.69, 9.17) is 0 Å². The number of nitrogens with one attached hydrogen (secondary N) is 2. The van der Waals surface area contributed by atoms with Gasteiger partial charge in [-0.25, -0.2) is 18.1 Å². The number of benzene rings is 2. The largest absolute Gasteiger partial charge is 0.341 e. The fraction of sp³-hybridized carbons (Fsp3) is 0.133. The fourth-order valence-corrected chi connectivity index (χ4v) is 3.36. The summed E-state index contributed by atoms with van der Waals surface area (Å²) in [5.41, 5.74) is 1.71. The molecule has 21 heavy (non-hydrogen) atoms. The number of nitrogens with zero attached hydrogens (tertiary/aromatic N) is 1. The predicted molar refractivity (Wildman–Crippen MR) is 81.3 cm³/mol. The number of rotatable bonds is 4. The number of aromatic nitrogens is 2. The second-order valence-corrected chi connectivity index (χ2v) is 6.51. The van der Waals surface area contributed by atoms with Crippen LogP contribution in [0, 0.1) is 0 Å². The summed E-state index contributed by atoms with van der Waals surface area (Å²) < 4.78 is 27.2. The molecule has 0 fully saturated rings. The monoisotopic (exact) mass is 301 g/mol. The Morgan fingerprint density at radius 2 is 1.71 bits per heavy atom. The topological polar surface area (TPSA) is 74.8 Å². The van der Waals surface area contributed by atoms with E-state index in [1.165, 1.54) is 0 Å². The standard InChI is InChI=1S/C15H15N3O2S/c1-11(15-16-13-9-5-6-10-14(13)17-15)18-21(19,20)12-7-3-2-4-8-12/h2-11,18H,1H3,(H,16,17)/t11-/m0/s1. The van der Waals surface area contributed by atoms with Crippen molar-refractivity contribution in [1.82, 2.24) is 14.7 Å². The van der Waals surface area contributed by atoms with Crippen LogP contribution in [0.3, 0.4) is 0 Å². The summed E-state index contributed by atoms with van der Waals surface area (Å²) in [5, 5.41) is 0. The van der Waals surface area contributed by atoms with Gasteiger partial charge in [0.25, 0.3) is 0 Å². The zero-order valence-corrected chi connectivity index (χ0v) is 12.3. The Labute approximate surface area is 123 Å². The summed E-state index contributed by atoms with van der Waals surface area (Å²) in [6.45, 7) is 1.76. The maximum absolute atomic E-state index is 12.3. The van der Waals surface area contributed by atoms with Crippen molar-refractivity contribution < 1.29 is 8.42 Å². The highest BCUT2D eigenvalue weighted by Gasteiger charge is 2.20. The second-order valence-electron chi connectivity index (χ2n) is 4.80. The van der Waals surface area contributed by atoms with Crippen molar-refractivity contribution in [3.05, 3.63) is 60.4 Å². The quantitative estimate of drug-likeness (QED) is 0.778. The van der Waals surface area contributed by atoms with Crippen LogP contribution < -0.4 is 4.72 Å². The molecular weight excluding hydrogens is 286 g/mol. The summed E-state index contributed by atoms with van der Waals surface area (Å²) in [6.07, 6.45) is 0. The molecule has 0 bridgehead atoms. The molecule has 3 rings (SSSR count). The third-order valence-electron chi connectivity index (χ3n) is 3.20. The maximum atomic E-state index is 12.3. The van der Waals surface area contributed by atoms with Crippen LogP contribution in [-0.2, 0) is 10.0 Å². The molecule has 108 valence electrons. The molecule has 3 aromatic rings. The molecule has 0 saturated heterocycles. The zero-order chi connectivity index (χ0) is 14.9. The third kappa shape index (κ3) is 2.81. The van der Waals surface area contributed by atoms with Crippen LogP contribution in [0.15, 0.2) is 59.5 Å². The van der Waals surface area contributed by atoms with Gasteiger partial charge in [0.2, 0.25) is 10.0 Å². The smallest absolute Gasteiger partial charge is 0.241 e. The summed E-state index contributed by atoms with van der Waals surface area (Å²) in [6, 6.07) is 15.4. The number of aromatic amines is 1. The molecule has 2 N–H and O–H groups in total. The van der Waals surface area contributed by atoms with E-state index in [1.54, 1.807) is 37.3 Å². The van der Waals surface area contributed by atoms with Gasteiger partial charge in [0.1, 0.15) is 5.82 Å². The first-order valence-electron chi connectivity index (χ1n) is 6.58. The van der Waals surface area contributed by atoms with Crippen molar-refractivity contribution in [3.63, 3.8) is 0 Å². The normalized spacial score (nSPS) is 13.4. The molecule has 0 amide bonds. The van der Waals surface area contributed by atoms with Crippen LogP contribution in [0.2, 0.25) is 0 Å². The molecule has 6 heteroatoms. The molecule has 0 aliphatic heterocycles. The molecule has 2 aromatic carbocycles. The molecule has 0 aliphatic rings. The van der Waals surface area contributed by atoms with Crippen LogP contribution in [0.25, 0.3) is 11.0 Å². The van der Waals surface area contributed by atoms with Gasteiger partial charge in [-0.15, -0.1) is 0 Å². The van der Waals surface area contributed by atoms with E-state index in [2.05, 4.69) is 14.7 Å². The van der Waals surface area contributed by atoms with E-state index in [-0.39, 0.29) is 4.90 Å². The lowest BCUT2D eigenvalue weighted by molar-refractivity contribution is 0.561. The Morgan fingerprint density at radius 3 is 2.43 bits per heavy atom. The van der Waals surface area contributed by atoms with Crippen molar-refractivity contribution in [1.29, 1.82) is 0 Å². The number of imidazole rings is 1. The van der Waals surface area contributed by atoms with Crippen LogP contribution in [-0.4, -0.2) is 18.4 Å². The third-order valence-corrected chi connectivity index (χ3v) is 4.76. The first-order valence-corrected chi connectivity index (χ1v) is 8.06. The van der Waals surface area contributed by atoms with Gasteiger partial charge < -0.3 is 4.98 Å². The minimum atomic E-state index is -3.56. The van der Waals surface area contributed by atoms with E-state index in [1.807, 2.05) is 24.3 Å². The number of para-hydroxylation sites is 2. The molecule has 0 unspecified atom stereocenters. The molecular formula is C15H15N3O2S. The van der Waals surface area contributed by atoms with Gasteiger partial charge in [-0.1, -0.05) is 30.3 Å². The average molecular weight is 301 g/mol. The molecule has 0 saturated carbocycles. The van der Waals surface area contributed by atoms with Gasteiger partial charge in [0.05, 0.1) is 22.0 Å². The first kappa shape index (κ1) is 13.8. The minimum Gasteiger partial charge on any atom is -0.341 e. The number of sulfonamides is 1. The molecule has 1 aromatic heterocycles. The highest BCUT2D eigenvalue weighted by molar-refractivity contribution is 7.89. The average Bonchev–Trinajstić information content (AvgIpc) is 2.92. The Hall–Kier alpha value is -2.18. The summed E-state index contributed by atoms with van der Waals surface area (Å²) in [4.78, 5) is 7.78. The van der Waals surface area contributed by atoms with Gasteiger partial charge in [-0.05, 0) is 31.2 Å². The van der Waals surface area contributed by atoms with Crippen molar-refractivity contribution >= 4 is 21.1 Å². The van der Waals surface area contributed by atoms with Crippen LogP contribution >= 0.6 is 0 Å². The van der Waals surface area contributed by atoms with E-state index in [0.29, 0.717) is 5.82 Å². The van der Waals surface area contributed by atoms with Crippen molar-refractivity contribution in [3.8, 4) is 0 Å². The van der Waals surface area contributed by atoms with Crippen molar-refractivity contribution in [2.24, 2.45) is 0 Å². The lowest BCUT2D eigenvalue weighted by Gasteiger charge is -2.11. The number of hydrogen-bond donors (Lipinski definition) is 2. The Morgan fingerprint density at radius 1 is 1.05 bits per heavy atom. The molecule has 1 atom stereocenters. The van der Waals surface area contributed by atoms with Crippen molar-refractivity contribution in [2.75, 3.05) is 0 Å². The van der Waals surface area contributed by atoms with Gasteiger partial charge in [0, 0.05) is 0 Å². The lowest BCUT2D eigenvalue weighted by Crippen LogP contribution is -2.27. The van der Waals surface area contributed by atoms with E-state index in [0.717, 1.165) is 11.0 Å². The molecule has 1 heterocycles. The van der Waals surface area contributed by atoms with E-state index in [9.17, 15) is 8.42 Å². The molecule has 0 spiro atoms. The molecule has 5 nitrogen and oxygen atoms in total. The van der Waals surface area contributed by atoms with Gasteiger partial charge >= 0.3 is 0 Å². The van der Waals surface area contributed by atoms with Gasteiger partial charge in [0.15, 0.2) is 0 Å². The maximum Gasteiger partial charge on any atom is 0.241 e. The molecule has 0 aliphatic carbocycles. The van der Waals surface area contributed by atoms with Crippen LogP contribution in [0.1, 0.15) is 18.8 Å².